The Balaban J connectivity index is 2.34. The fourth-order valence-corrected chi connectivity index (χ4v) is 1.86. The minimum absolute atomic E-state index is 0.0567. The normalized spacial score (nSPS) is 13.6. The molecule has 0 radical (unpaired) electrons. The molecule has 0 saturated carbocycles. The van der Waals surface area contributed by atoms with Crippen molar-refractivity contribution in [3.8, 4) is 0 Å². The van der Waals surface area contributed by atoms with Gasteiger partial charge in [0.05, 0.1) is 0 Å². The van der Waals surface area contributed by atoms with Crippen LogP contribution in [0.2, 0.25) is 0 Å². The summed E-state index contributed by atoms with van der Waals surface area (Å²) >= 11 is 0. The highest BCUT2D eigenvalue weighted by atomic mass is 16.4. The minimum Gasteiger partial charge on any atom is -0.437 e. The van der Waals surface area contributed by atoms with Gasteiger partial charge in [0.25, 0.3) is 0 Å². The summed E-state index contributed by atoms with van der Waals surface area (Å²) in [6.45, 7) is 1.61. The van der Waals surface area contributed by atoms with Crippen molar-refractivity contribution in [1.82, 2.24) is 4.98 Å². The van der Waals surface area contributed by atoms with Crippen LogP contribution in [0.3, 0.4) is 0 Å². The number of hydrogen-bond donors (Lipinski definition) is 0. The molecule has 4 heteroatoms. The summed E-state index contributed by atoms with van der Waals surface area (Å²) in [5, 5.41) is 0. The van der Waals surface area contributed by atoms with E-state index in [4.69, 9.17) is 4.42 Å². The monoisotopic (exact) mass is 213 g/mol. The van der Waals surface area contributed by atoms with Gasteiger partial charge in [-0.05, 0) is 0 Å². The number of carbonyl (C=O) groups is 2. The molecule has 1 aromatic carbocycles. The lowest BCUT2D eigenvalue weighted by atomic mass is 9.91. The van der Waals surface area contributed by atoms with Crippen LogP contribution in [-0.2, 0) is 0 Å². The summed E-state index contributed by atoms with van der Waals surface area (Å²) < 4.78 is 5.16. The standard InChI is InChI=1S/C12H7NO3/c1-6-13-9-10(14)7-4-2-3-5-8(7)11(15)12(9)16-6/h2-5H,1H3. The number of benzene rings is 1. The van der Waals surface area contributed by atoms with Gasteiger partial charge in [-0.3, -0.25) is 9.59 Å². The van der Waals surface area contributed by atoms with Crippen LogP contribution in [0.15, 0.2) is 28.7 Å². The molecule has 0 spiro atoms. The van der Waals surface area contributed by atoms with Gasteiger partial charge in [-0.15, -0.1) is 0 Å². The lowest BCUT2D eigenvalue weighted by Gasteiger charge is -2.10. The number of oxazole rings is 1. The predicted molar refractivity (Wildman–Crippen MR) is 54.5 cm³/mol. The van der Waals surface area contributed by atoms with Crippen molar-refractivity contribution in [3.05, 3.63) is 52.7 Å². The number of ketones is 2. The maximum absolute atomic E-state index is 12.0. The molecule has 0 saturated heterocycles. The number of carbonyl (C=O) groups excluding carboxylic acids is 2. The molecule has 16 heavy (non-hydrogen) atoms. The van der Waals surface area contributed by atoms with Crippen molar-refractivity contribution in [2.24, 2.45) is 0 Å². The Morgan fingerprint density at radius 2 is 1.69 bits per heavy atom. The van der Waals surface area contributed by atoms with Crippen molar-refractivity contribution in [2.75, 3.05) is 0 Å². The van der Waals surface area contributed by atoms with E-state index in [0.29, 0.717) is 17.0 Å². The average Bonchev–Trinajstić information content (AvgIpc) is 2.68. The summed E-state index contributed by atoms with van der Waals surface area (Å²) in [5.41, 5.74) is 0.908. The fraction of sp³-hybridized carbons (Fsp3) is 0.0833. The molecule has 78 valence electrons. The van der Waals surface area contributed by atoms with Crippen molar-refractivity contribution in [1.29, 1.82) is 0 Å². The molecule has 0 unspecified atom stereocenters. The van der Waals surface area contributed by atoms with Crippen LogP contribution in [0.1, 0.15) is 38.1 Å². The Labute approximate surface area is 90.9 Å². The Hall–Kier alpha value is -2.23. The van der Waals surface area contributed by atoms with Gasteiger partial charge in [0, 0.05) is 18.1 Å². The van der Waals surface area contributed by atoms with Gasteiger partial charge in [0.15, 0.2) is 11.6 Å². The van der Waals surface area contributed by atoms with E-state index in [-0.39, 0.29) is 23.0 Å². The zero-order chi connectivity index (χ0) is 11.3. The topological polar surface area (TPSA) is 60.2 Å². The maximum atomic E-state index is 12.0. The molecule has 0 atom stereocenters. The second-order valence-corrected chi connectivity index (χ2v) is 3.61. The molecule has 1 aromatic heterocycles. The number of aromatic nitrogens is 1. The molecule has 4 nitrogen and oxygen atoms in total. The van der Waals surface area contributed by atoms with E-state index < -0.39 is 0 Å². The molecule has 3 rings (SSSR count). The summed E-state index contributed by atoms with van der Waals surface area (Å²) in [4.78, 5) is 27.9. The third kappa shape index (κ3) is 1.01. The molecular formula is C12H7NO3. The SMILES string of the molecule is Cc1nc2c(o1)C(=O)c1ccccc1C2=O. The van der Waals surface area contributed by atoms with Gasteiger partial charge >= 0.3 is 0 Å². The zero-order valence-corrected chi connectivity index (χ0v) is 8.48. The van der Waals surface area contributed by atoms with E-state index in [1.54, 1.807) is 31.2 Å². The van der Waals surface area contributed by atoms with E-state index in [1.807, 2.05) is 0 Å². The molecule has 2 aromatic rings. The first-order valence-corrected chi connectivity index (χ1v) is 4.84. The lowest BCUT2D eigenvalue weighted by Crippen LogP contribution is -2.19. The van der Waals surface area contributed by atoms with Crippen LogP contribution >= 0.6 is 0 Å². The van der Waals surface area contributed by atoms with Crippen molar-refractivity contribution in [2.45, 2.75) is 6.92 Å². The van der Waals surface area contributed by atoms with Gasteiger partial charge < -0.3 is 4.42 Å². The minimum atomic E-state index is -0.272. The Morgan fingerprint density at radius 3 is 2.38 bits per heavy atom. The van der Waals surface area contributed by atoms with Gasteiger partial charge in [0.2, 0.25) is 17.3 Å². The van der Waals surface area contributed by atoms with Crippen LogP contribution < -0.4 is 0 Å². The molecule has 1 heterocycles. The largest absolute Gasteiger partial charge is 0.437 e. The number of fused-ring (bicyclic) bond motifs is 2. The molecule has 1 aliphatic rings. The van der Waals surface area contributed by atoms with E-state index >= 15 is 0 Å². The van der Waals surface area contributed by atoms with Crippen molar-refractivity contribution >= 4 is 11.6 Å². The quantitative estimate of drug-likeness (QED) is 0.570. The summed E-state index contributed by atoms with van der Waals surface area (Å²) in [7, 11) is 0. The van der Waals surface area contributed by atoms with Crippen LogP contribution in [0.25, 0.3) is 0 Å². The van der Waals surface area contributed by atoms with E-state index in [2.05, 4.69) is 4.98 Å². The molecular weight excluding hydrogens is 206 g/mol. The highest BCUT2D eigenvalue weighted by Gasteiger charge is 2.34. The number of nitrogens with zero attached hydrogens (tertiary/aromatic N) is 1. The average molecular weight is 213 g/mol. The first kappa shape index (κ1) is 9.03. The van der Waals surface area contributed by atoms with Gasteiger partial charge in [-0.1, -0.05) is 24.3 Å². The van der Waals surface area contributed by atoms with Crippen LogP contribution in [0, 0.1) is 6.92 Å². The zero-order valence-electron chi connectivity index (χ0n) is 8.48. The Morgan fingerprint density at radius 1 is 1.06 bits per heavy atom. The summed E-state index contributed by atoms with van der Waals surface area (Å²) in [5.74, 6) is -0.131. The Kier molecular flexibility index (Phi) is 1.63. The highest BCUT2D eigenvalue weighted by molar-refractivity contribution is 6.26. The van der Waals surface area contributed by atoms with Gasteiger partial charge in [0.1, 0.15) is 0 Å². The Bertz CT molecular complexity index is 572. The second-order valence-electron chi connectivity index (χ2n) is 3.61. The molecule has 1 aliphatic carbocycles. The molecule has 0 N–H and O–H groups in total. The number of rotatable bonds is 0. The van der Waals surface area contributed by atoms with Crippen molar-refractivity contribution < 1.29 is 14.0 Å². The van der Waals surface area contributed by atoms with Gasteiger partial charge in [-0.2, -0.15) is 0 Å². The fourth-order valence-electron chi connectivity index (χ4n) is 1.86. The third-order valence-corrected chi connectivity index (χ3v) is 2.57. The third-order valence-electron chi connectivity index (χ3n) is 2.57. The molecule has 0 fully saturated rings. The van der Waals surface area contributed by atoms with Crippen LogP contribution in [-0.4, -0.2) is 16.6 Å². The maximum Gasteiger partial charge on any atom is 0.231 e. The van der Waals surface area contributed by atoms with Crippen LogP contribution in [0.5, 0.6) is 0 Å². The molecule has 0 amide bonds. The number of aryl methyl sites for hydroxylation is 1. The van der Waals surface area contributed by atoms with E-state index in [9.17, 15) is 9.59 Å². The van der Waals surface area contributed by atoms with Crippen molar-refractivity contribution in [3.63, 3.8) is 0 Å². The number of hydrogen-bond acceptors (Lipinski definition) is 4. The predicted octanol–water partition coefficient (Wildman–Crippen LogP) is 1.76. The molecule has 0 bridgehead atoms. The molecule has 0 aliphatic heterocycles. The van der Waals surface area contributed by atoms with E-state index in [0.717, 1.165) is 0 Å². The van der Waals surface area contributed by atoms with Gasteiger partial charge in [-0.25, -0.2) is 4.98 Å². The first-order chi connectivity index (χ1) is 7.68. The summed E-state index contributed by atoms with van der Waals surface area (Å²) in [6, 6.07) is 6.69. The van der Waals surface area contributed by atoms with Crippen LogP contribution in [0.4, 0.5) is 0 Å². The first-order valence-electron chi connectivity index (χ1n) is 4.84. The smallest absolute Gasteiger partial charge is 0.231 e. The highest BCUT2D eigenvalue weighted by Crippen LogP contribution is 2.26. The van der Waals surface area contributed by atoms with E-state index in [1.165, 1.54) is 0 Å². The summed E-state index contributed by atoms with van der Waals surface area (Å²) in [6.07, 6.45) is 0. The second kappa shape index (κ2) is 2.88. The lowest BCUT2D eigenvalue weighted by molar-refractivity contribution is 0.0958.